The molecule has 21 heavy (non-hydrogen) atoms. The molecule has 0 heterocycles. The van der Waals surface area contributed by atoms with Gasteiger partial charge in [0, 0.05) is 5.92 Å². The van der Waals surface area contributed by atoms with Crippen LogP contribution in [0.3, 0.4) is 0 Å². The predicted octanol–water partition coefficient (Wildman–Crippen LogP) is 2.34. The van der Waals surface area contributed by atoms with Crippen molar-refractivity contribution in [2.45, 2.75) is 39.0 Å². The van der Waals surface area contributed by atoms with Crippen molar-refractivity contribution in [3.8, 4) is 5.75 Å². The van der Waals surface area contributed by atoms with E-state index in [1.807, 2.05) is 6.92 Å². The Hall–Kier alpha value is -2.04. The molecule has 1 aromatic carbocycles. The molecular weight excluding hydrogens is 268 g/mol. The van der Waals surface area contributed by atoms with E-state index in [-0.39, 0.29) is 30.0 Å². The van der Waals surface area contributed by atoms with E-state index < -0.39 is 0 Å². The van der Waals surface area contributed by atoms with Crippen LogP contribution < -0.4 is 10.6 Å². The number of amides is 2. The van der Waals surface area contributed by atoms with Crippen molar-refractivity contribution in [1.29, 1.82) is 0 Å². The van der Waals surface area contributed by atoms with E-state index in [0.29, 0.717) is 5.69 Å². The SMILES string of the molecule is Cc1ccc(NC(=O)CNC(=O)C2CCCCC2)c(O)c1. The summed E-state index contributed by atoms with van der Waals surface area (Å²) in [5, 5.41) is 15.0. The van der Waals surface area contributed by atoms with Gasteiger partial charge in [0.2, 0.25) is 11.8 Å². The molecule has 0 unspecified atom stereocenters. The van der Waals surface area contributed by atoms with Gasteiger partial charge in [0.05, 0.1) is 12.2 Å². The third-order valence-electron chi connectivity index (χ3n) is 3.83. The zero-order valence-corrected chi connectivity index (χ0v) is 12.3. The number of phenols is 1. The maximum Gasteiger partial charge on any atom is 0.243 e. The summed E-state index contributed by atoms with van der Waals surface area (Å²) in [5.74, 6) is -0.308. The van der Waals surface area contributed by atoms with E-state index >= 15 is 0 Å². The molecule has 0 spiro atoms. The lowest BCUT2D eigenvalue weighted by molar-refractivity contribution is -0.128. The maximum atomic E-state index is 11.9. The molecule has 1 aliphatic rings. The molecule has 114 valence electrons. The van der Waals surface area contributed by atoms with E-state index in [9.17, 15) is 14.7 Å². The van der Waals surface area contributed by atoms with Crippen LogP contribution in [0.4, 0.5) is 5.69 Å². The lowest BCUT2D eigenvalue weighted by Crippen LogP contribution is -2.37. The van der Waals surface area contributed by atoms with Gasteiger partial charge in [0.25, 0.3) is 0 Å². The molecule has 5 heteroatoms. The van der Waals surface area contributed by atoms with Crippen LogP contribution in [0.5, 0.6) is 5.75 Å². The summed E-state index contributed by atoms with van der Waals surface area (Å²) in [4.78, 5) is 23.7. The van der Waals surface area contributed by atoms with Crippen molar-refractivity contribution in [2.24, 2.45) is 5.92 Å². The number of benzene rings is 1. The summed E-state index contributed by atoms with van der Waals surface area (Å²) in [6.07, 6.45) is 5.18. The number of nitrogens with one attached hydrogen (secondary N) is 2. The van der Waals surface area contributed by atoms with Gasteiger partial charge in [-0.3, -0.25) is 9.59 Å². The average molecular weight is 290 g/mol. The average Bonchev–Trinajstić information content (AvgIpc) is 2.48. The summed E-state index contributed by atoms with van der Waals surface area (Å²) in [6, 6.07) is 5.03. The second-order valence-electron chi connectivity index (χ2n) is 5.62. The lowest BCUT2D eigenvalue weighted by atomic mass is 9.89. The van der Waals surface area contributed by atoms with Crippen molar-refractivity contribution >= 4 is 17.5 Å². The summed E-state index contributed by atoms with van der Waals surface area (Å²) < 4.78 is 0. The third kappa shape index (κ3) is 4.48. The Morgan fingerprint density at radius 1 is 1.24 bits per heavy atom. The second kappa shape index (κ2) is 7.11. The molecule has 1 saturated carbocycles. The van der Waals surface area contributed by atoms with Crippen molar-refractivity contribution in [2.75, 3.05) is 11.9 Å². The molecule has 1 fully saturated rings. The molecule has 2 rings (SSSR count). The Kier molecular flexibility index (Phi) is 5.20. The van der Waals surface area contributed by atoms with E-state index in [4.69, 9.17) is 0 Å². The number of anilines is 1. The standard InChI is InChI=1S/C16H22N2O3/c1-11-7-8-13(14(19)9-11)18-15(20)10-17-16(21)12-5-3-2-4-6-12/h7-9,12,19H,2-6,10H2,1H3,(H,17,21)(H,18,20). The number of aromatic hydroxyl groups is 1. The highest BCUT2D eigenvalue weighted by Gasteiger charge is 2.21. The second-order valence-corrected chi connectivity index (χ2v) is 5.62. The largest absolute Gasteiger partial charge is 0.506 e. The molecule has 1 aromatic rings. The van der Waals surface area contributed by atoms with Crippen LogP contribution in [0.25, 0.3) is 0 Å². The van der Waals surface area contributed by atoms with Gasteiger partial charge in [-0.15, -0.1) is 0 Å². The van der Waals surface area contributed by atoms with Crippen LogP contribution in [0, 0.1) is 12.8 Å². The quantitative estimate of drug-likeness (QED) is 0.745. The van der Waals surface area contributed by atoms with Gasteiger partial charge in [-0.05, 0) is 37.5 Å². The topological polar surface area (TPSA) is 78.4 Å². The van der Waals surface area contributed by atoms with E-state index in [2.05, 4.69) is 10.6 Å². The molecule has 0 atom stereocenters. The number of aryl methyl sites for hydroxylation is 1. The Balaban J connectivity index is 1.80. The van der Waals surface area contributed by atoms with Gasteiger partial charge >= 0.3 is 0 Å². The van der Waals surface area contributed by atoms with Crippen molar-refractivity contribution in [1.82, 2.24) is 5.32 Å². The number of hydrogen-bond acceptors (Lipinski definition) is 3. The van der Waals surface area contributed by atoms with Crippen LogP contribution in [0.15, 0.2) is 18.2 Å². The monoisotopic (exact) mass is 290 g/mol. The summed E-state index contributed by atoms with van der Waals surface area (Å²) >= 11 is 0. The Morgan fingerprint density at radius 3 is 2.62 bits per heavy atom. The minimum atomic E-state index is -0.335. The van der Waals surface area contributed by atoms with Gasteiger partial charge in [-0.2, -0.15) is 0 Å². The Labute approximate surface area is 124 Å². The fourth-order valence-electron chi connectivity index (χ4n) is 2.62. The maximum absolute atomic E-state index is 11.9. The van der Waals surface area contributed by atoms with Gasteiger partial charge < -0.3 is 15.7 Å². The number of carbonyl (C=O) groups is 2. The molecule has 1 aliphatic carbocycles. The predicted molar refractivity (Wildman–Crippen MR) is 81.1 cm³/mol. The van der Waals surface area contributed by atoms with Crippen LogP contribution in [0.1, 0.15) is 37.7 Å². The number of hydrogen-bond donors (Lipinski definition) is 3. The lowest BCUT2D eigenvalue weighted by Gasteiger charge is -2.20. The number of rotatable bonds is 4. The van der Waals surface area contributed by atoms with Crippen molar-refractivity contribution in [3.05, 3.63) is 23.8 Å². The summed E-state index contributed by atoms with van der Waals surface area (Å²) in [5.41, 5.74) is 1.27. The molecule has 0 bridgehead atoms. The Bertz CT molecular complexity index is 522. The minimum absolute atomic E-state index is 0.0296. The summed E-state index contributed by atoms with van der Waals surface area (Å²) in [6.45, 7) is 1.79. The van der Waals surface area contributed by atoms with Gasteiger partial charge in [0.15, 0.2) is 0 Å². The molecule has 3 N–H and O–H groups in total. The fraction of sp³-hybridized carbons (Fsp3) is 0.500. The van der Waals surface area contributed by atoms with E-state index in [0.717, 1.165) is 31.2 Å². The molecule has 0 aromatic heterocycles. The van der Waals surface area contributed by atoms with Crippen molar-refractivity contribution < 1.29 is 14.7 Å². The molecule has 2 amide bonds. The molecule has 0 saturated heterocycles. The van der Waals surface area contributed by atoms with Crippen LogP contribution >= 0.6 is 0 Å². The molecular formula is C16H22N2O3. The van der Waals surface area contributed by atoms with Crippen LogP contribution in [0.2, 0.25) is 0 Å². The first kappa shape index (κ1) is 15.4. The first-order valence-corrected chi connectivity index (χ1v) is 7.43. The van der Waals surface area contributed by atoms with Crippen molar-refractivity contribution in [3.63, 3.8) is 0 Å². The van der Waals surface area contributed by atoms with E-state index in [1.54, 1.807) is 18.2 Å². The number of phenolic OH excluding ortho intramolecular Hbond substituents is 1. The smallest absolute Gasteiger partial charge is 0.243 e. The number of carbonyl (C=O) groups excluding carboxylic acids is 2. The molecule has 5 nitrogen and oxygen atoms in total. The molecule has 0 radical (unpaired) electrons. The van der Waals surface area contributed by atoms with Crippen LogP contribution in [-0.2, 0) is 9.59 Å². The van der Waals surface area contributed by atoms with E-state index in [1.165, 1.54) is 6.42 Å². The zero-order chi connectivity index (χ0) is 15.2. The first-order chi connectivity index (χ1) is 10.1. The highest BCUT2D eigenvalue weighted by Crippen LogP contribution is 2.24. The van der Waals surface area contributed by atoms with Gasteiger partial charge in [-0.25, -0.2) is 0 Å². The van der Waals surface area contributed by atoms with Gasteiger partial charge in [-0.1, -0.05) is 25.3 Å². The first-order valence-electron chi connectivity index (χ1n) is 7.43. The van der Waals surface area contributed by atoms with Gasteiger partial charge in [0.1, 0.15) is 5.75 Å². The highest BCUT2D eigenvalue weighted by molar-refractivity contribution is 5.95. The Morgan fingerprint density at radius 2 is 1.95 bits per heavy atom. The molecule has 0 aliphatic heterocycles. The van der Waals surface area contributed by atoms with Crippen LogP contribution in [-0.4, -0.2) is 23.5 Å². The third-order valence-corrected chi connectivity index (χ3v) is 3.83. The fourth-order valence-corrected chi connectivity index (χ4v) is 2.62. The normalized spacial score (nSPS) is 15.5. The highest BCUT2D eigenvalue weighted by atomic mass is 16.3. The minimum Gasteiger partial charge on any atom is -0.506 e. The summed E-state index contributed by atoms with van der Waals surface area (Å²) in [7, 11) is 0. The zero-order valence-electron chi connectivity index (χ0n) is 12.3.